The highest BCUT2D eigenvalue weighted by molar-refractivity contribution is 6.31. The van der Waals surface area contributed by atoms with Gasteiger partial charge in [0.15, 0.2) is 0 Å². The highest BCUT2D eigenvalue weighted by Crippen LogP contribution is 2.33. The van der Waals surface area contributed by atoms with E-state index in [4.69, 9.17) is 11.6 Å². The zero-order chi connectivity index (χ0) is 13.3. The molecule has 0 heterocycles. The molecule has 0 unspecified atom stereocenters. The number of rotatable bonds is 1. The van der Waals surface area contributed by atoms with Crippen LogP contribution in [-0.2, 0) is 6.18 Å². The van der Waals surface area contributed by atoms with Crippen molar-refractivity contribution in [3.05, 3.63) is 58.6 Å². The Balaban J connectivity index is 2.48. The fraction of sp³-hybridized carbons (Fsp3) is 0.143. The second-order valence-electron chi connectivity index (χ2n) is 4.04. The zero-order valence-electron chi connectivity index (χ0n) is 9.55. The summed E-state index contributed by atoms with van der Waals surface area (Å²) < 4.78 is 37.8. The summed E-state index contributed by atoms with van der Waals surface area (Å²) in [6.45, 7) is 1.85. The Hall–Kier alpha value is -1.48. The first-order chi connectivity index (χ1) is 8.38. The van der Waals surface area contributed by atoms with Gasteiger partial charge in [-0.3, -0.25) is 0 Å². The molecule has 0 bridgehead atoms. The quantitative estimate of drug-likeness (QED) is 0.657. The minimum absolute atomic E-state index is 0.506. The van der Waals surface area contributed by atoms with E-state index in [1.807, 2.05) is 6.92 Å². The van der Waals surface area contributed by atoms with Crippen LogP contribution in [0.1, 0.15) is 11.1 Å². The van der Waals surface area contributed by atoms with Gasteiger partial charge in [-0.2, -0.15) is 13.2 Å². The summed E-state index contributed by atoms with van der Waals surface area (Å²) in [7, 11) is 0. The predicted molar refractivity (Wildman–Crippen MR) is 66.6 cm³/mol. The minimum atomic E-state index is -4.33. The van der Waals surface area contributed by atoms with E-state index in [-0.39, 0.29) is 0 Å². The fourth-order valence-corrected chi connectivity index (χ4v) is 1.83. The lowest BCUT2D eigenvalue weighted by atomic mass is 10.0. The van der Waals surface area contributed by atoms with Crippen molar-refractivity contribution in [1.82, 2.24) is 0 Å². The Morgan fingerprint density at radius 3 is 2.22 bits per heavy atom. The summed E-state index contributed by atoms with van der Waals surface area (Å²) in [4.78, 5) is 0. The Bertz CT molecular complexity index is 573. The van der Waals surface area contributed by atoms with Gasteiger partial charge in [0.25, 0.3) is 0 Å². The van der Waals surface area contributed by atoms with Crippen LogP contribution < -0.4 is 0 Å². The molecule has 0 aliphatic heterocycles. The lowest BCUT2D eigenvalue weighted by Gasteiger charge is -2.09. The van der Waals surface area contributed by atoms with Crippen LogP contribution in [0.15, 0.2) is 42.5 Å². The molecule has 2 aromatic rings. The largest absolute Gasteiger partial charge is 0.416 e. The van der Waals surface area contributed by atoms with Gasteiger partial charge in [-0.1, -0.05) is 35.9 Å². The van der Waals surface area contributed by atoms with Crippen LogP contribution in [0.25, 0.3) is 11.1 Å². The molecule has 0 radical (unpaired) electrons. The van der Waals surface area contributed by atoms with Crippen LogP contribution in [0.2, 0.25) is 5.02 Å². The van der Waals surface area contributed by atoms with Crippen LogP contribution in [0.3, 0.4) is 0 Å². The van der Waals surface area contributed by atoms with Gasteiger partial charge in [-0.15, -0.1) is 0 Å². The molecule has 0 aliphatic rings. The van der Waals surface area contributed by atoms with Crippen LogP contribution >= 0.6 is 11.6 Å². The number of aryl methyl sites for hydroxylation is 1. The molecule has 94 valence electrons. The summed E-state index contributed by atoms with van der Waals surface area (Å²) in [6.07, 6.45) is -4.33. The Kier molecular flexibility index (Phi) is 3.35. The molecule has 0 amide bonds. The van der Waals surface area contributed by atoms with Crippen molar-refractivity contribution in [3.63, 3.8) is 0 Å². The topological polar surface area (TPSA) is 0 Å². The number of alkyl halides is 3. The molecule has 2 aromatic carbocycles. The highest BCUT2D eigenvalue weighted by atomic mass is 35.5. The molecule has 2 rings (SSSR count). The van der Waals surface area contributed by atoms with E-state index in [2.05, 4.69) is 0 Å². The van der Waals surface area contributed by atoms with E-state index < -0.39 is 11.7 Å². The molecule has 0 saturated heterocycles. The standard InChI is InChI=1S/C14H10ClF3/c1-9-5-6-11(8-13(9)15)10-3-2-4-12(7-10)14(16,17)18/h2-8H,1H3. The second-order valence-corrected chi connectivity index (χ2v) is 4.45. The van der Waals surface area contributed by atoms with Gasteiger partial charge in [-0.05, 0) is 41.8 Å². The van der Waals surface area contributed by atoms with E-state index in [0.29, 0.717) is 16.1 Å². The Morgan fingerprint density at radius 2 is 1.61 bits per heavy atom. The van der Waals surface area contributed by atoms with Gasteiger partial charge in [0, 0.05) is 5.02 Å². The summed E-state index contributed by atoms with van der Waals surface area (Å²) in [5.41, 5.74) is 1.42. The predicted octanol–water partition coefficient (Wildman–Crippen LogP) is 5.33. The van der Waals surface area contributed by atoms with E-state index in [0.717, 1.165) is 17.7 Å². The number of hydrogen-bond acceptors (Lipinski definition) is 0. The summed E-state index contributed by atoms with van der Waals surface area (Å²) in [5, 5.41) is 0.546. The molecule has 0 aromatic heterocycles. The molecular formula is C14H10ClF3. The fourth-order valence-electron chi connectivity index (χ4n) is 1.65. The first-order valence-electron chi connectivity index (χ1n) is 5.32. The maximum absolute atomic E-state index is 12.6. The first kappa shape index (κ1) is 13.0. The molecule has 4 heteroatoms. The molecule has 18 heavy (non-hydrogen) atoms. The maximum Gasteiger partial charge on any atom is 0.416 e. The van der Waals surface area contributed by atoms with Gasteiger partial charge in [0.1, 0.15) is 0 Å². The molecule has 0 fully saturated rings. The average Bonchev–Trinajstić information content (AvgIpc) is 2.32. The molecular weight excluding hydrogens is 261 g/mol. The second kappa shape index (κ2) is 4.65. The SMILES string of the molecule is Cc1ccc(-c2cccc(C(F)(F)F)c2)cc1Cl. The number of halogens is 4. The van der Waals surface area contributed by atoms with E-state index >= 15 is 0 Å². The smallest absolute Gasteiger partial charge is 0.166 e. The van der Waals surface area contributed by atoms with Gasteiger partial charge in [0.05, 0.1) is 5.56 Å². The molecule has 0 aliphatic carbocycles. The highest BCUT2D eigenvalue weighted by Gasteiger charge is 2.30. The van der Waals surface area contributed by atoms with Crippen molar-refractivity contribution in [1.29, 1.82) is 0 Å². The molecule has 0 nitrogen and oxygen atoms in total. The summed E-state index contributed by atoms with van der Waals surface area (Å²) in [5.74, 6) is 0. The van der Waals surface area contributed by atoms with E-state index in [1.54, 1.807) is 24.3 Å². The van der Waals surface area contributed by atoms with Crippen molar-refractivity contribution in [2.24, 2.45) is 0 Å². The lowest BCUT2D eigenvalue weighted by molar-refractivity contribution is -0.137. The van der Waals surface area contributed by atoms with Crippen molar-refractivity contribution in [2.75, 3.05) is 0 Å². The zero-order valence-corrected chi connectivity index (χ0v) is 10.3. The minimum Gasteiger partial charge on any atom is -0.166 e. The number of hydrogen-bond donors (Lipinski definition) is 0. The van der Waals surface area contributed by atoms with Crippen molar-refractivity contribution in [3.8, 4) is 11.1 Å². The van der Waals surface area contributed by atoms with Crippen molar-refractivity contribution >= 4 is 11.6 Å². The van der Waals surface area contributed by atoms with E-state index in [1.165, 1.54) is 6.07 Å². The van der Waals surface area contributed by atoms with Crippen molar-refractivity contribution < 1.29 is 13.2 Å². The monoisotopic (exact) mass is 270 g/mol. The first-order valence-corrected chi connectivity index (χ1v) is 5.69. The normalized spacial score (nSPS) is 11.6. The third kappa shape index (κ3) is 2.67. The maximum atomic E-state index is 12.6. The van der Waals surface area contributed by atoms with Gasteiger partial charge < -0.3 is 0 Å². The summed E-state index contributed by atoms with van der Waals surface area (Å²) in [6, 6.07) is 10.4. The summed E-state index contributed by atoms with van der Waals surface area (Å²) >= 11 is 5.97. The van der Waals surface area contributed by atoms with Crippen molar-refractivity contribution in [2.45, 2.75) is 13.1 Å². The Labute approximate surface area is 108 Å². The third-order valence-electron chi connectivity index (χ3n) is 2.70. The number of benzene rings is 2. The Morgan fingerprint density at radius 1 is 0.944 bits per heavy atom. The molecule has 0 spiro atoms. The third-order valence-corrected chi connectivity index (χ3v) is 3.10. The van der Waals surface area contributed by atoms with Crippen LogP contribution in [0.5, 0.6) is 0 Å². The molecule has 0 saturated carbocycles. The van der Waals surface area contributed by atoms with Crippen LogP contribution in [0.4, 0.5) is 13.2 Å². The lowest BCUT2D eigenvalue weighted by Crippen LogP contribution is -2.04. The molecule has 0 atom stereocenters. The van der Waals surface area contributed by atoms with Gasteiger partial charge in [0.2, 0.25) is 0 Å². The van der Waals surface area contributed by atoms with Crippen LogP contribution in [-0.4, -0.2) is 0 Å². The van der Waals surface area contributed by atoms with Gasteiger partial charge >= 0.3 is 6.18 Å². The van der Waals surface area contributed by atoms with E-state index in [9.17, 15) is 13.2 Å². The van der Waals surface area contributed by atoms with Crippen LogP contribution in [0, 0.1) is 6.92 Å². The average molecular weight is 271 g/mol. The van der Waals surface area contributed by atoms with Gasteiger partial charge in [-0.25, -0.2) is 0 Å². The molecule has 0 N–H and O–H groups in total.